The summed E-state index contributed by atoms with van der Waals surface area (Å²) in [6.45, 7) is 4.40. The van der Waals surface area contributed by atoms with E-state index in [9.17, 15) is 0 Å². The Labute approximate surface area is 157 Å². The number of benzene rings is 1. The van der Waals surface area contributed by atoms with Crippen LogP contribution in [0, 0.1) is 13.8 Å². The molecule has 0 unspecified atom stereocenters. The van der Waals surface area contributed by atoms with E-state index in [2.05, 4.69) is 25.8 Å². The Kier molecular flexibility index (Phi) is 5.75. The lowest BCUT2D eigenvalue weighted by Gasteiger charge is -2.11. The van der Waals surface area contributed by atoms with Crippen molar-refractivity contribution >= 4 is 17.5 Å². The molecule has 3 aromatic rings. The fraction of sp³-hybridized carbons (Fsp3) is 0.316. The van der Waals surface area contributed by atoms with Crippen molar-refractivity contribution in [2.24, 2.45) is 0 Å². The van der Waals surface area contributed by atoms with E-state index < -0.39 is 0 Å². The minimum Gasteiger partial charge on any atom is -0.493 e. The Balaban J connectivity index is 1.62. The van der Waals surface area contributed by atoms with Gasteiger partial charge in [0.1, 0.15) is 23.2 Å². The van der Waals surface area contributed by atoms with Gasteiger partial charge in [0, 0.05) is 18.7 Å². The lowest BCUT2D eigenvalue weighted by atomic mass is 10.1. The summed E-state index contributed by atoms with van der Waals surface area (Å²) in [6.07, 6.45) is 0.814. The van der Waals surface area contributed by atoms with Crippen LogP contribution in [0.25, 0.3) is 0 Å². The van der Waals surface area contributed by atoms with E-state index in [0.29, 0.717) is 24.0 Å². The Morgan fingerprint density at radius 1 is 0.926 bits per heavy atom. The van der Waals surface area contributed by atoms with Gasteiger partial charge in [0.2, 0.25) is 0 Å². The summed E-state index contributed by atoms with van der Waals surface area (Å²) < 4.78 is 15.7. The van der Waals surface area contributed by atoms with Crippen LogP contribution >= 0.6 is 0 Å². The number of nitrogens with zero attached hydrogens (tertiary/aromatic N) is 3. The second-order valence-corrected chi connectivity index (χ2v) is 6.00. The van der Waals surface area contributed by atoms with Crippen LogP contribution in [0.15, 0.2) is 34.9 Å². The molecule has 0 bridgehead atoms. The highest BCUT2D eigenvalue weighted by Crippen LogP contribution is 2.27. The molecule has 27 heavy (non-hydrogen) atoms. The highest BCUT2D eigenvalue weighted by Gasteiger charge is 2.07. The molecule has 0 amide bonds. The quantitative estimate of drug-likeness (QED) is 0.623. The average Bonchev–Trinajstić information content (AvgIpc) is 3.05. The second-order valence-electron chi connectivity index (χ2n) is 6.00. The predicted octanol–water partition coefficient (Wildman–Crippen LogP) is 3.50. The van der Waals surface area contributed by atoms with Crippen molar-refractivity contribution in [1.82, 2.24) is 15.1 Å². The van der Waals surface area contributed by atoms with Crippen LogP contribution < -0.4 is 20.1 Å². The molecule has 0 aliphatic heterocycles. The van der Waals surface area contributed by atoms with Crippen molar-refractivity contribution in [2.45, 2.75) is 20.3 Å². The highest BCUT2D eigenvalue weighted by atomic mass is 16.5. The van der Waals surface area contributed by atoms with Gasteiger partial charge in [0.15, 0.2) is 17.3 Å². The van der Waals surface area contributed by atoms with E-state index in [1.807, 2.05) is 44.2 Å². The van der Waals surface area contributed by atoms with Crippen LogP contribution in [0.2, 0.25) is 0 Å². The first-order valence-electron chi connectivity index (χ1n) is 8.58. The Hall–Kier alpha value is -3.29. The van der Waals surface area contributed by atoms with Gasteiger partial charge in [0.25, 0.3) is 0 Å². The third kappa shape index (κ3) is 4.87. The van der Waals surface area contributed by atoms with Crippen molar-refractivity contribution in [3.63, 3.8) is 0 Å². The van der Waals surface area contributed by atoms with E-state index in [-0.39, 0.29) is 0 Å². The zero-order valence-electron chi connectivity index (χ0n) is 15.9. The first kappa shape index (κ1) is 18.5. The summed E-state index contributed by atoms with van der Waals surface area (Å²) >= 11 is 0. The van der Waals surface area contributed by atoms with Gasteiger partial charge < -0.3 is 24.6 Å². The predicted molar refractivity (Wildman–Crippen MR) is 103 cm³/mol. The highest BCUT2D eigenvalue weighted by molar-refractivity contribution is 5.56. The average molecular weight is 369 g/mol. The summed E-state index contributed by atoms with van der Waals surface area (Å²) in [5.74, 6) is 4.85. The van der Waals surface area contributed by atoms with Crippen LogP contribution in [0.3, 0.4) is 0 Å². The smallest absolute Gasteiger partial charge is 0.175 e. The largest absolute Gasteiger partial charge is 0.493 e. The fourth-order valence-electron chi connectivity index (χ4n) is 2.65. The third-order valence-corrected chi connectivity index (χ3v) is 3.89. The van der Waals surface area contributed by atoms with Gasteiger partial charge in [-0.3, -0.25) is 0 Å². The van der Waals surface area contributed by atoms with E-state index in [1.54, 1.807) is 14.2 Å². The second kappa shape index (κ2) is 8.39. The molecule has 2 heterocycles. The zero-order chi connectivity index (χ0) is 19.2. The van der Waals surface area contributed by atoms with Crippen molar-refractivity contribution in [2.75, 3.05) is 31.4 Å². The molecular weight excluding hydrogens is 346 g/mol. The summed E-state index contributed by atoms with van der Waals surface area (Å²) in [5, 5.41) is 10.4. The minimum atomic E-state index is 0.613. The molecule has 2 N–H and O–H groups in total. The molecule has 1 aromatic carbocycles. The van der Waals surface area contributed by atoms with Gasteiger partial charge in [-0.15, -0.1) is 0 Å². The zero-order valence-corrected chi connectivity index (χ0v) is 15.9. The van der Waals surface area contributed by atoms with Crippen LogP contribution in [0.5, 0.6) is 11.5 Å². The lowest BCUT2D eigenvalue weighted by Crippen LogP contribution is -2.08. The van der Waals surface area contributed by atoms with E-state index >= 15 is 0 Å². The molecule has 0 saturated heterocycles. The summed E-state index contributed by atoms with van der Waals surface area (Å²) in [7, 11) is 3.26. The maximum absolute atomic E-state index is 5.34. The number of nitrogens with one attached hydrogen (secondary N) is 2. The van der Waals surface area contributed by atoms with Gasteiger partial charge in [-0.25, -0.2) is 9.97 Å². The van der Waals surface area contributed by atoms with Crippen molar-refractivity contribution in [1.29, 1.82) is 0 Å². The number of aromatic nitrogens is 3. The lowest BCUT2D eigenvalue weighted by molar-refractivity contribution is 0.354. The minimum absolute atomic E-state index is 0.613. The normalized spacial score (nSPS) is 10.5. The molecule has 0 saturated carbocycles. The van der Waals surface area contributed by atoms with E-state index in [4.69, 9.17) is 14.0 Å². The Bertz CT molecular complexity index is 910. The first-order valence-corrected chi connectivity index (χ1v) is 8.58. The fourth-order valence-corrected chi connectivity index (χ4v) is 2.65. The molecule has 0 radical (unpaired) electrons. The first-order chi connectivity index (χ1) is 13.1. The van der Waals surface area contributed by atoms with Gasteiger partial charge in [-0.2, -0.15) is 0 Å². The van der Waals surface area contributed by atoms with Gasteiger partial charge in [0.05, 0.1) is 14.2 Å². The topological polar surface area (TPSA) is 94.3 Å². The van der Waals surface area contributed by atoms with E-state index in [0.717, 1.165) is 35.1 Å². The van der Waals surface area contributed by atoms with Gasteiger partial charge >= 0.3 is 0 Å². The van der Waals surface area contributed by atoms with Crippen molar-refractivity contribution in [3.8, 4) is 11.5 Å². The van der Waals surface area contributed by atoms with Gasteiger partial charge in [-0.1, -0.05) is 11.2 Å². The molecule has 0 aliphatic rings. The molecule has 3 rings (SSSR count). The molecule has 8 nitrogen and oxygen atoms in total. The van der Waals surface area contributed by atoms with Crippen molar-refractivity contribution < 1.29 is 14.0 Å². The number of ether oxygens (including phenoxy) is 2. The molecule has 8 heteroatoms. The van der Waals surface area contributed by atoms with Crippen LogP contribution in [0.4, 0.5) is 17.5 Å². The monoisotopic (exact) mass is 369 g/mol. The molecular formula is C19H23N5O3. The molecule has 0 spiro atoms. The molecule has 0 aliphatic carbocycles. The number of methoxy groups -OCH3 is 2. The number of anilines is 3. The number of hydrogen-bond acceptors (Lipinski definition) is 8. The number of rotatable bonds is 8. The van der Waals surface area contributed by atoms with Crippen molar-refractivity contribution in [3.05, 3.63) is 47.5 Å². The maximum atomic E-state index is 5.34. The Morgan fingerprint density at radius 2 is 1.70 bits per heavy atom. The SMILES string of the molecule is COc1ccc(CCNc2cc(Nc3cc(C)on3)nc(C)n2)cc1OC. The molecule has 142 valence electrons. The summed E-state index contributed by atoms with van der Waals surface area (Å²) in [4.78, 5) is 8.79. The maximum Gasteiger partial charge on any atom is 0.175 e. The van der Waals surface area contributed by atoms with Crippen LogP contribution in [-0.2, 0) is 6.42 Å². The molecule has 2 aromatic heterocycles. The molecule has 0 fully saturated rings. The summed E-state index contributed by atoms with van der Waals surface area (Å²) in [6, 6.07) is 9.55. The standard InChI is InChI=1S/C19H23N5O3/c1-12-9-19(24-27-12)23-18-11-17(21-13(2)22-18)20-8-7-14-5-6-15(25-3)16(10-14)26-4/h5-6,9-11H,7-8H2,1-4H3,(H2,20,21,22,23,24). The van der Waals surface area contributed by atoms with Crippen LogP contribution in [0.1, 0.15) is 17.1 Å². The third-order valence-electron chi connectivity index (χ3n) is 3.89. The Morgan fingerprint density at radius 3 is 2.41 bits per heavy atom. The van der Waals surface area contributed by atoms with E-state index in [1.165, 1.54) is 0 Å². The van der Waals surface area contributed by atoms with Gasteiger partial charge in [-0.05, 0) is 38.0 Å². The summed E-state index contributed by atoms with van der Waals surface area (Å²) in [5.41, 5.74) is 1.14. The number of aryl methyl sites for hydroxylation is 2. The number of hydrogen-bond donors (Lipinski definition) is 2. The molecule has 0 atom stereocenters. The van der Waals surface area contributed by atoms with Crippen LogP contribution in [-0.4, -0.2) is 35.9 Å².